The zero-order valence-electron chi connectivity index (χ0n) is 18.4. The number of aromatic nitrogens is 3. The van der Waals surface area contributed by atoms with Gasteiger partial charge in [-0.3, -0.25) is 9.13 Å². The molecule has 174 valence electrons. The van der Waals surface area contributed by atoms with Gasteiger partial charge >= 0.3 is 11.8 Å². The van der Waals surface area contributed by atoms with Crippen molar-refractivity contribution in [1.82, 2.24) is 19.0 Å². The van der Waals surface area contributed by atoms with Gasteiger partial charge in [0.2, 0.25) is 0 Å². The Bertz CT molecular complexity index is 1410. The van der Waals surface area contributed by atoms with E-state index in [1.54, 1.807) is 60.3 Å². The van der Waals surface area contributed by atoms with Crippen LogP contribution in [0.25, 0.3) is 16.7 Å². The van der Waals surface area contributed by atoms with E-state index in [1.165, 1.54) is 9.47 Å². The number of anilines is 1. The number of methoxy groups -OCH3 is 1. The monoisotopic (exact) mass is 461 g/mol. The first-order valence-corrected chi connectivity index (χ1v) is 10.7. The first-order chi connectivity index (χ1) is 16.5. The lowest BCUT2D eigenvalue weighted by Crippen LogP contribution is -2.31. The molecule has 5 rings (SSSR count). The van der Waals surface area contributed by atoms with Crippen LogP contribution in [0.4, 0.5) is 10.6 Å². The van der Waals surface area contributed by atoms with E-state index < -0.39 is 6.09 Å². The van der Waals surface area contributed by atoms with Crippen molar-refractivity contribution in [1.29, 1.82) is 0 Å². The summed E-state index contributed by atoms with van der Waals surface area (Å²) in [5.41, 5.74) is 7.60. The number of carbonyl (C=O) groups is 1. The second-order valence-corrected chi connectivity index (χ2v) is 7.99. The van der Waals surface area contributed by atoms with Gasteiger partial charge in [0.1, 0.15) is 28.6 Å². The van der Waals surface area contributed by atoms with Gasteiger partial charge in [-0.15, -0.1) is 0 Å². The molecule has 0 bridgehead atoms. The van der Waals surface area contributed by atoms with Gasteiger partial charge in [0, 0.05) is 19.3 Å². The molecule has 34 heavy (non-hydrogen) atoms. The van der Waals surface area contributed by atoms with Crippen LogP contribution < -0.4 is 20.9 Å². The molecule has 1 amide bonds. The zero-order valence-corrected chi connectivity index (χ0v) is 18.4. The Labute approximate surface area is 194 Å². The minimum Gasteiger partial charge on any atom is -0.497 e. The summed E-state index contributed by atoms with van der Waals surface area (Å²) in [7, 11) is 1.60. The van der Waals surface area contributed by atoms with Gasteiger partial charge in [-0.05, 0) is 61.0 Å². The summed E-state index contributed by atoms with van der Waals surface area (Å²) >= 11 is 0. The van der Waals surface area contributed by atoms with Crippen LogP contribution in [0.2, 0.25) is 0 Å². The lowest BCUT2D eigenvalue weighted by Gasteiger charge is -2.13. The summed E-state index contributed by atoms with van der Waals surface area (Å²) in [6, 6.07) is 15.8. The standard InChI is InChI=1S/C24H23N5O5/c1-33-17-6-8-19(9-7-17)34-18-4-2-15(3-5-18)29-21-20(10-12-26-22(21)25)28(23(29)30)16-11-13-27(14-16)24(31)32/h2-10,12,16H,11,13-14H2,1H3,(H2,25,26)(H,31,32). The predicted molar refractivity (Wildman–Crippen MR) is 126 cm³/mol. The molecule has 0 saturated carbocycles. The van der Waals surface area contributed by atoms with Crippen LogP contribution in [0.3, 0.4) is 0 Å². The molecule has 10 nitrogen and oxygen atoms in total. The van der Waals surface area contributed by atoms with E-state index in [4.69, 9.17) is 15.2 Å². The van der Waals surface area contributed by atoms with Gasteiger partial charge in [0.15, 0.2) is 0 Å². The fourth-order valence-corrected chi connectivity index (χ4v) is 4.35. The van der Waals surface area contributed by atoms with Gasteiger partial charge in [-0.25, -0.2) is 14.6 Å². The van der Waals surface area contributed by atoms with Crippen LogP contribution >= 0.6 is 0 Å². The number of nitrogens with two attached hydrogens (primary N) is 1. The lowest BCUT2D eigenvalue weighted by molar-refractivity contribution is 0.154. The van der Waals surface area contributed by atoms with E-state index >= 15 is 0 Å². The van der Waals surface area contributed by atoms with E-state index in [0.717, 1.165) is 5.75 Å². The highest BCUT2D eigenvalue weighted by molar-refractivity contribution is 5.87. The Kier molecular flexibility index (Phi) is 5.33. The molecule has 3 heterocycles. The number of ether oxygens (including phenoxy) is 2. The van der Waals surface area contributed by atoms with Gasteiger partial charge in [-0.1, -0.05) is 0 Å². The Morgan fingerprint density at radius 3 is 2.32 bits per heavy atom. The quantitative estimate of drug-likeness (QED) is 0.466. The summed E-state index contributed by atoms with van der Waals surface area (Å²) in [5.74, 6) is 2.21. The fourth-order valence-electron chi connectivity index (χ4n) is 4.35. The average Bonchev–Trinajstić information content (AvgIpc) is 3.43. The number of imidazole rings is 1. The normalized spacial score (nSPS) is 15.6. The molecule has 0 radical (unpaired) electrons. The molecular weight excluding hydrogens is 438 g/mol. The zero-order chi connectivity index (χ0) is 23.8. The van der Waals surface area contributed by atoms with Crippen molar-refractivity contribution in [3.63, 3.8) is 0 Å². The number of nitrogen functional groups attached to an aromatic ring is 1. The molecular formula is C24H23N5O5. The SMILES string of the molecule is COc1ccc(Oc2ccc(-n3c(=O)n(C4CCN(C(=O)O)C4)c4ccnc(N)c43)cc2)cc1. The molecule has 2 aromatic carbocycles. The van der Waals surface area contributed by atoms with Crippen molar-refractivity contribution in [2.45, 2.75) is 12.5 Å². The van der Waals surface area contributed by atoms with Crippen molar-refractivity contribution in [2.75, 3.05) is 25.9 Å². The number of carboxylic acid groups (broad SMARTS) is 1. The number of amides is 1. The Balaban J connectivity index is 1.51. The number of pyridine rings is 1. The largest absolute Gasteiger partial charge is 0.497 e. The number of likely N-dealkylation sites (tertiary alicyclic amines) is 1. The van der Waals surface area contributed by atoms with Crippen molar-refractivity contribution >= 4 is 22.9 Å². The summed E-state index contributed by atoms with van der Waals surface area (Å²) in [6.45, 7) is 0.613. The third-order valence-corrected chi connectivity index (χ3v) is 6.00. The first-order valence-electron chi connectivity index (χ1n) is 10.7. The number of hydrogen-bond donors (Lipinski definition) is 2. The van der Waals surface area contributed by atoms with E-state index in [2.05, 4.69) is 4.98 Å². The van der Waals surface area contributed by atoms with Crippen LogP contribution in [0.5, 0.6) is 17.2 Å². The molecule has 1 fully saturated rings. The summed E-state index contributed by atoms with van der Waals surface area (Å²) in [5, 5.41) is 9.33. The minimum absolute atomic E-state index is 0.222. The number of hydrogen-bond acceptors (Lipinski definition) is 6. The van der Waals surface area contributed by atoms with Gasteiger partial charge in [0.25, 0.3) is 0 Å². The highest BCUT2D eigenvalue weighted by Gasteiger charge is 2.31. The van der Waals surface area contributed by atoms with Crippen LogP contribution in [-0.2, 0) is 0 Å². The molecule has 1 saturated heterocycles. The Morgan fingerprint density at radius 2 is 1.71 bits per heavy atom. The number of rotatable bonds is 5. The molecule has 1 unspecified atom stereocenters. The highest BCUT2D eigenvalue weighted by Crippen LogP contribution is 2.30. The summed E-state index contributed by atoms with van der Waals surface area (Å²) in [6.07, 6.45) is 1.10. The van der Waals surface area contributed by atoms with Crippen LogP contribution in [-0.4, -0.2) is 50.4 Å². The number of fused-ring (bicyclic) bond motifs is 1. The maximum Gasteiger partial charge on any atom is 0.407 e. The molecule has 1 atom stereocenters. The second-order valence-electron chi connectivity index (χ2n) is 7.99. The lowest BCUT2D eigenvalue weighted by atomic mass is 10.2. The van der Waals surface area contributed by atoms with E-state index in [1.807, 2.05) is 12.1 Å². The molecule has 10 heteroatoms. The number of nitrogens with zero attached hydrogens (tertiary/aromatic N) is 4. The maximum absolute atomic E-state index is 13.6. The number of benzene rings is 2. The van der Waals surface area contributed by atoms with Crippen LogP contribution in [0, 0.1) is 0 Å². The Morgan fingerprint density at radius 1 is 1.06 bits per heavy atom. The van der Waals surface area contributed by atoms with Gasteiger partial charge in [-0.2, -0.15) is 0 Å². The van der Waals surface area contributed by atoms with Crippen molar-refractivity contribution in [3.8, 4) is 22.9 Å². The van der Waals surface area contributed by atoms with Gasteiger partial charge < -0.3 is 25.2 Å². The van der Waals surface area contributed by atoms with Crippen LogP contribution in [0.1, 0.15) is 12.5 Å². The maximum atomic E-state index is 13.6. The van der Waals surface area contributed by atoms with E-state index in [9.17, 15) is 14.7 Å². The van der Waals surface area contributed by atoms with E-state index in [-0.39, 0.29) is 24.1 Å². The minimum atomic E-state index is -0.993. The molecule has 0 aliphatic carbocycles. The molecule has 1 aliphatic heterocycles. The molecule has 3 N–H and O–H groups in total. The Hall–Kier alpha value is -4.47. The third kappa shape index (κ3) is 3.68. The van der Waals surface area contributed by atoms with Crippen molar-refractivity contribution in [3.05, 3.63) is 71.3 Å². The van der Waals surface area contributed by atoms with E-state index in [0.29, 0.717) is 41.2 Å². The van der Waals surface area contributed by atoms with Gasteiger partial charge in [0.05, 0.1) is 24.4 Å². The molecule has 2 aromatic heterocycles. The van der Waals surface area contributed by atoms with Crippen LogP contribution in [0.15, 0.2) is 65.6 Å². The molecule has 1 aliphatic rings. The third-order valence-electron chi connectivity index (χ3n) is 6.00. The molecule has 4 aromatic rings. The molecule has 0 spiro atoms. The van der Waals surface area contributed by atoms with Crippen molar-refractivity contribution < 1.29 is 19.4 Å². The van der Waals surface area contributed by atoms with Crippen molar-refractivity contribution in [2.24, 2.45) is 0 Å². The predicted octanol–water partition coefficient (Wildman–Crippen LogP) is 3.50. The summed E-state index contributed by atoms with van der Waals surface area (Å²) < 4.78 is 14.2. The topological polar surface area (TPSA) is 125 Å². The average molecular weight is 461 g/mol. The fraction of sp³-hybridized carbons (Fsp3) is 0.208. The first kappa shape index (κ1) is 21.4. The second kappa shape index (κ2) is 8.47. The highest BCUT2D eigenvalue weighted by atomic mass is 16.5. The smallest absolute Gasteiger partial charge is 0.407 e. The summed E-state index contributed by atoms with van der Waals surface area (Å²) in [4.78, 5) is 30.4.